The van der Waals surface area contributed by atoms with Crippen LogP contribution in [0.3, 0.4) is 0 Å². The van der Waals surface area contributed by atoms with E-state index in [2.05, 4.69) is 0 Å². The molecule has 0 unspecified atom stereocenters. The number of anilines is 1. The predicted molar refractivity (Wildman–Crippen MR) is 68.8 cm³/mol. The van der Waals surface area contributed by atoms with E-state index in [0.29, 0.717) is 12.2 Å². The van der Waals surface area contributed by atoms with Crippen LogP contribution in [0.15, 0.2) is 18.2 Å². The minimum absolute atomic E-state index is 0.0403. The number of hydrogen-bond donors (Lipinski definition) is 0. The van der Waals surface area contributed by atoms with Crippen molar-refractivity contribution in [2.24, 2.45) is 0 Å². The van der Waals surface area contributed by atoms with E-state index in [1.165, 1.54) is 0 Å². The fraction of sp³-hybridized carbons (Fsp3) is 0.429. The SMILES string of the molecule is CCOC(=O)c1ccc2c(c1)C(C)(C)C(=O)N2C. The molecule has 1 amide bonds. The van der Waals surface area contributed by atoms with Gasteiger partial charge in [0.2, 0.25) is 5.91 Å². The first kappa shape index (κ1) is 12.6. The maximum atomic E-state index is 12.1. The van der Waals surface area contributed by atoms with Gasteiger partial charge in [0.15, 0.2) is 0 Å². The van der Waals surface area contributed by atoms with Gasteiger partial charge in [-0.25, -0.2) is 4.79 Å². The summed E-state index contributed by atoms with van der Waals surface area (Å²) < 4.78 is 4.97. The maximum absolute atomic E-state index is 12.1. The lowest BCUT2D eigenvalue weighted by molar-refractivity contribution is -0.121. The van der Waals surface area contributed by atoms with Crippen LogP contribution in [0, 0.1) is 0 Å². The quantitative estimate of drug-likeness (QED) is 0.752. The molecular weight excluding hydrogens is 230 g/mol. The summed E-state index contributed by atoms with van der Waals surface area (Å²) >= 11 is 0. The molecule has 0 N–H and O–H groups in total. The van der Waals surface area contributed by atoms with Crippen LogP contribution >= 0.6 is 0 Å². The van der Waals surface area contributed by atoms with Crippen molar-refractivity contribution in [1.29, 1.82) is 0 Å². The molecule has 0 aliphatic carbocycles. The van der Waals surface area contributed by atoms with Crippen molar-refractivity contribution in [2.75, 3.05) is 18.6 Å². The summed E-state index contributed by atoms with van der Waals surface area (Å²) in [6.45, 7) is 5.85. The van der Waals surface area contributed by atoms with Gasteiger partial charge in [-0.05, 0) is 44.5 Å². The number of amides is 1. The third-order valence-corrected chi connectivity index (χ3v) is 3.38. The second-order valence-corrected chi connectivity index (χ2v) is 4.94. The Balaban J connectivity index is 2.48. The van der Waals surface area contributed by atoms with Gasteiger partial charge in [-0.15, -0.1) is 0 Å². The van der Waals surface area contributed by atoms with E-state index in [1.54, 1.807) is 37.1 Å². The number of carbonyl (C=O) groups is 2. The maximum Gasteiger partial charge on any atom is 0.338 e. The van der Waals surface area contributed by atoms with Crippen molar-refractivity contribution in [3.05, 3.63) is 29.3 Å². The van der Waals surface area contributed by atoms with Crippen LogP contribution in [0.25, 0.3) is 0 Å². The van der Waals surface area contributed by atoms with Gasteiger partial charge in [-0.1, -0.05) is 0 Å². The number of nitrogens with zero attached hydrogens (tertiary/aromatic N) is 1. The molecule has 1 aliphatic rings. The molecule has 1 aromatic rings. The van der Waals surface area contributed by atoms with E-state index in [9.17, 15) is 9.59 Å². The highest BCUT2D eigenvalue weighted by atomic mass is 16.5. The van der Waals surface area contributed by atoms with Crippen LogP contribution in [-0.2, 0) is 14.9 Å². The third-order valence-electron chi connectivity index (χ3n) is 3.38. The molecule has 2 rings (SSSR count). The van der Waals surface area contributed by atoms with Gasteiger partial charge >= 0.3 is 5.97 Å². The Kier molecular flexibility index (Phi) is 2.89. The Morgan fingerprint density at radius 2 is 2.06 bits per heavy atom. The van der Waals surface area contributed by atoms with Crippen LogP contribution in [0.5, 0.6) is 0 Å². The van der Waals surface area contributed by atoms with Gasteiger partial charge in [-0.2, -0.15) is 0 Å². The number of ether oxygens (including phenoxy) is 1. The summed E-state index contributed by atoms with van der Waals surface area (Å²) in [6, 6.07) is 5.25. The van der Waals surface area contributed by atoms with Crippen molar-refractivity contribution < 1.29 is 14.3 Å². The number of fused-ring (bicyclic) bond motifs is 1. The minimum atomic E-state index is -0.591. The van der Waals surface area contributed by atoms with Crippen molar-refractivity contribution in [1.82, 2.24) is 0 Å². The Labute approximate surface area is 107 Å². The van der Waals surface area contributed by atoms with Gasteiger partial charge in [0.1, 0.15) is 0 Å². The van der Waals surface area contributed by atoms with E-state index in [4.69, 9.17) is 4.74 Å². The standard InChI is InChI=1S/C14H17NO3/c1-5-18-12(16)9-6-7-11-10(8-9)14(2,3)13(17)15(11)4/h6-8H,5H2,1-4H3. The van der Waals surface area contributed by atoms with Gasteiger partial charge in [0.25, 0.3) is 0 Å². The number of benzene rings is 1. The first-order chi connectivity index (χ1) is 8.39. The third kappa shape index (κ3) is 1.68. The van der Waals surface area contributed by atoms with Crippen molar-refractivity contribution in [3.8, 4) is 0 Å². The topological polar surface area (TPSA) is 46.6 Å². The molecule has 0 spiro atoms. The summed E-state index contributed by atoms with van der Waals surface area (Å²) in [7, 11) is 1.75. The van der Waals surface area contributed by atoms with Gasteiger partial charge in [0.05, 0.1) is 17.6 Å². The molecule has 0 saturated carbocycles. The Morgan fingerprint density at radius 1 is 1.39 bits per heavy atom. The molecular formula is C14H17NO3. The molecule has 0 bridgehead atoms. The zero-order valence-electron chi connectivity index (χ0n) is 11.1. The lowest BCUT2D eigenvalue weighted by Crippen LogP contribution is -2.33. The van der Waals surface area contributed by atoms with Crippen LogP contribution in [-0.4, -0.2) is 25.5 Å². The average molecular weight is 247 g/mol. The molecule has 1 aromatic carbocycles. The molecule has 18 heavy (non-hydrogen) atoms. The number of esters is 1. The zero-order chi connectivity index (χ0) is 13.5. The minimum Gasteiger partial charge on any atom is -0.462 e. The molecule has 4 heteroatoms. The Hall–Kier alpha value is -1.84. The largest absolute Gasteiger partial charge is 0.462 e. The van der Waals surface area contributed by atoms with Crippen molar-refractivity contribution in [2.45, 2.75) is 26.2 Å². The fourth-order valence-electron chi connectivity index (χ4n) is 2.31. The monoisotopic (exact) mass is 247 g/mol. The first-order valence-corrected chi connectivity index (χ1v) is 5.99. The lowest BCUT2D eigenvalue weighted by Gasteiger charge is -2.16. The highest BCUT2D eigenvalue weighted by Crippen LogP contribution is 2.41. The smallest absolute Gasteiger partial charge is 0.338 e. The highest BCUT2D eigenvalue weighted by Gasteiger charge is 2.42. The Morgan fingerprint density at radius 3 is 2.67 bits per heavy atom. The van der Waals surface area contributed by atoms with Crippen molar-refractivity contribution >= 4 is 17.6 Å². The zero-order valence-corrected chi connectivity index (χ0v) is 11.1. The number of carbonyl (C=O) groups excluding carboxylic acids is 2. The second-order valence-electron chi connectivity index (χ2n) is 4.94. The van der Waals surface area contributed by atoms with E-state index in [1.807, 2.05) is 13.8 Å². The summed E-state index contributed by atoms with van der Waals surface area (Å²) in [4.78, 5) is 25.4. The van der Waals surface area contributed by atoms with Crippen molar-refractivity contribution in [3.63, 3.8) is 0 Å². The lowest BCUT2D eigenvalue weighted by atomic mass is 9.85. The van der Waals surface area contributed by atoms with Crippen LogP contribution in [0.2, 0.25) is 0 Å². The number of likely N-dealkylation sites (N-methyl/N-ethyl adjacent to an activating group) is 1. The summed E-state index contributed by atoms with van der Waals surface area (Å²) in [5.41, 5.74) is 1.64. The second kappa shape index (κ2) is 4.12. The molecule has 0 radical (unpaired) electrons. The summed E-state index contributed by atoms with van der Waals surface area (Å²) in [5.74, 6) is -0.309. The van der Waals surface area contributed by atoms with Crippen LogP contribution in [0.1, 0.15) is 36.7 Å². The molecule has 1 heterocycles. The van der Waals surface area contributed by atoms with E-state index >= 15 is 0 Å². The molecule has 4 nitrogen and oxygen atoms in total. The van der Waals surface area contributed by atoms with E-state index in [0.717, 1.165) is 11.3 Å². The number of hydrogen-bond acceptors (Lipinski definition) is 3. The molecule has 0 aromatic heterocycles. The van der Waals surface area contributed by atoms with E-state index in [-0.39, 0.29) is 11.9 Å². The Bertz CT molecular complexity index is 520. The van der Waals surface area contributed by atoms with Gasteiger partial charge in [-0.3, -0.25) is 4.79 Å². The molecule has 96 valence electrons. The number of rotatable bonds is 2. The fourth-order valence-corrected chi connectivity index (χ4v) is 2.31. The first-order valence-electron chi connectivity index (χ1n) is 5.99. The summed E-state index contributed by atoms with van der Waals surface area (Å²) in [5, 5.41) is 0. The molecule has 1 aliphatic heterocycles. The molecule has 0 atom stereocenters. The normalized spacial score (nSPS) is 16.7. The molecule has 0 fully saturated rings. The predicted octanol–water partition coefficient (Wildman–Crippen LogP) is 2.12. The van der Waals surface area contributed by atoms with Crippen LogP contribution < -0.4 is 4.90 Å². The van der Waals surface area contributed by atoms with E-state index < -0.39 is 5.41 Å². The highest BCUT2D eigenvalue weighted by molar-refractivity contribution is 6.08. The summed E-state index contributed by atoms with van der Waals surface area (Å²) in [6.07, 6.45) is 0. The van der Waals surface area contributed by atoms with Gasteiger partial charge < -0.3 is 9.64 Å². The molecule has 0 saturated heterocycles. The van der Waals surface area contributed by atoms with Gasteiger partial charge in [0, 0.05) is 12.7 Å². The van der Waals surface area contributed by atoms with Crippen LogP contribution in [0.4, 0.5) is 5.69 Å². The average Bonchev–Trinajstić information content (AvgIpc) is 2.51.